The highest BCUT2D eigenvalue weighted by Crippen LogP contribution is 2.15. The van der Waals surface area contributed by atoms with Gasteiger partial charge in [-0.1, -0.05) is 19.9 Å². The second kappa shape index (κ2) is 4.75. The van der Waals surface area contributed by atoms with E-state index in [0.29, 0.717) is 0 Å². The molecule has 0 aromatic carbocycles. The van der Waals surface area contributed by atoms with Crippen LogP contribution in [0.25, 0.3) is 5.65 Å². The third-order valence-electron chi connectivity index (χ3n) is 3.46. The Morgan fingerprint density at radius 2 is 2.12 bits per heavy atom. The average molecular weight is 232 g/mol. The molecular formula is C13H20N4. The monoisotopic (exact) mass is 232 g/mol. The van der Waals surface area contributed by atoms with Gasteiger partial charge < -0.3 is 11.1 Å². The van der Waals surface area contributed by atoms with E-state index in [4.69, 9.17) is 5.73 Å². The van der Waals surface area contributed by atoms with Gasteiger partial charge in [-0.15, -0.1) is 0 Å². The highest BCUT2D eigenvalue weighted by molar-refractivity contribution is 5.49. The Hall–Kier alpha value is -1.55. The number of fused-ring (bicyclic) bond motifs is 1. The van der Waals surface area contributed by atoms with Crippen molar-refractivity contribution in [1.82, 2.24) is 9.38 Å². The molecule has 0 unspecified atom stereocenters. The molecule has 0 spiro atoms. The predicted octanol–water partition coefficient (Wildman–Crippen LogP) is 2.26. The predicted molar refractivity (Wildman–Crippen MR) is 71.2 cm³/mol. The topological polar surface area (TPSA) is 55.3 Å². The summed E-state index contributed by atoms with van der Waals surface area (Å²) in [6.45, 7) is 5.03. The summed E-state index contributed by atoms with van der Waals surface area (Å²) >= 11 is 0. The van der Waals surface area contributed by atoms with Crippen molar-refractivity contribution in [1.29, 1.82) is 0 Å². The Bertz CT molecular complexity index is 485. The number of hydrogen-bond acceptors (Lipinski definition) is 3. The molecule has 2 aromatic heterocycles. The quantitative estimate of drug-likeness (QED) is 0.831. The van der Waals surface area contributed by atoms with Gasteiger partial charge in [0.15, 0.2) is 0 Å². The first-order valence-corrected chi connectivity index (χ1v) is 6.13. The van der Waals surface area contributed by atoms with Crippen molar-refractivity contribution in [2.75, 3.05) is 11.9 Å². The Morgan fingerprint density at radius 1 is 1.35 bits per heavy atom. The van der Waals surface area contributed by atoms with E-state index in [2.05, 4.69) is 24.1 Å². The molecule has 2 heterocycles. The van der Waals surface area contributed by atoms with Crippen molar-refractivity contribution in [3.63, 3.8) is 0 Å². The number of rotatable bonds is 5. The number of aromatic nitrogens is 2. The third-order valence-corrected chi connectivity index (χ3v) is 3.46. The van der Waals surface area contributed by atoms with E-state index in [-0.39, 0.29) is 5.54 Å². The number of pyridine rings is 1. The SMILES string of the molecule is CCC(N)(CC)CNc1cccc2nccn12. The Labute approximate surface area is 102 Å². The van der Waals surface area contributed by atoms with Crippen molar-refractivity contribution in [2.24, 2.45) is 5.73 Å². The summed E-state index contributed by atoms with van der Waals surface area (Å²) in [7, 11) is 0. The van der Waals surface area contributed by atoms with Gasteiger partial charge in [-0.2, -0.15) is 0 Å². The van der Waals surface area contributed by atoms with Gasteiger partial charge in [0, 0.05) is 24.5 Å². The molecule has 92 valence electrons. The van der Waals surface area contributed by atoms with Crippen molar-refractivity contribution < 1.29 is 0 Å². The minimum Gasteiger partial charge on any atom is -0.369 e. The minimum atomic E-state index is -0.136. The van der Waals surface area contributed by atoms with E-state index in [0.717, 1.165) is 30.9 Å². The molecule has 0 amide bonds. The number of imidazole rings is 1. The lowest BCUT2D eigenvalue weighted by Crippen LogP contribution is -2.45. The molecule has 0 fully saturated rings. The van der Waals surface area contributed by atoms with Crippen molar-refractivity contribution in [2.45, 2.75) is 32.2 Å². The van der Waals surface area contributed by atoms with E-state index in [1.807, 2.05) is 28.8 Å². The summed E-state index contributed by atoms with van der Waals surface area (Å²) in [4.78, 5) is 4.26. The maximum absolute atomic E-state index is 6.28. The van der Waals surface area contributed by atoms with Crippen LogP contribution in [0.2, 0.25) is 0 Å². The fourth-order valence-electron chi connectivity index (χ4n) is 1.86. The molecule has 0 atom stereocenters. The Morgan fingerprint density at radius 3 is 2.82 bits per heavy atom. The molecule has 0 aliphatic rings. The zero-order chi connectivity index (χ0) is 12.3. The van der Waals surface area contributed by atoms with Crippen LogP contribution >= 0.6 is 0 Å². The summed E-state index contributed by atoms with van der Waals surface area (Å²) in [6.07, 6.45) is 5.69. The largest absolute Gasteiger partial charge is 0.369 e. The third kappa shape index (κ3) is 2.42. The zero-order valence-electron chi connectivity index (χ0n) is 10.5. The molecule has 2 rings (SSSR count). The molecule has 0 saturated heterocycles. The number of hydrogen-bond donors (Lipinski definition) is 2. The lowest BCUT2D eigenvalue weighted by molar-refractivity contribution is 0.417. The molecule has 4 nitrogen and oxygen atoms in total. The molecule has 0 aliphatic heterocycles. The molecule has 0 bridgehead atoms. The van der Waals surface area contributed by atoms with Crippen LogP contribution in [0.3, 0.4) is 0 Å². The second-order valence-corrected chi connectivity index (χ2v) is 4.49. The van der Waals surface area contributed by atoms with Crippen molar-refractivity contribution in [3.8, 4) is 0 Å². The maximum atomic E-state index is 6.28. The normalized spacial score (nSPS) is 11.9. The van der Waals surface area contributed by atoms with Crippen LogP contribution in [0.4, 0.5) is 5.82 Å². The van der Waals surface area contributed by atoms with E-state index < -0.39 is 0 Å². The first-order valence-electron chi connectivity index (χ1n) is 6.13. The standard InChI is InChI=1S/C13H20N4/c1-3-13(14,4-2)10-16-12-7-5-6-11-15-8-9-17(11)12/h5-9,16H,3-4,10,14H2,1-2H3. The number of nitrogens with two attached hydrogens (primary N) is 1. The number of anilines is 1. The molecule has 17 heavy (non-hydrogen) atoms. The van der Waals surface area contributed by atoms with Gasteiger partial charge >= 0.3 is 0 Å². The summed E-state index contributed by atoms with van der Waals surface area (Å²) in [6, 6.07) is 6.03. The van der Waals surface area contributed by atoms with Crippen LogP contribution in [0, 0.1) is 0 Å². The van der Waals surface area contributed by atoms with Crippen molar-refractivity contribution in [3.05, 3.63) is 30.6 Å². The van der Waals surface area contributed by atoms with Crippen LogP contribution in [0.15, 0.2) is 30.6 Å². The molecule has 0 radical (unpaired) electrons. The Balaban J connectivity index is 2.16. The highest BCUT2D eigenvalue weighted by Gasteiger charge is 2.19. The molecule has 0 saturated carbocycles. The summed E-state index contributed by atoms with van der Waals surface area (Å²) < 4.78 is 2.03. The summed E-state index contributed by atoms with van der Waals surface area (Å²) in [5.74, 6) is 1.04. The van der Waals surface area contributed by atoms with Crippen LogP contribution in [0.5, 0.6) is 0 Å². The van der Waals surface area contributed by atoms with E-state index in [1.165, 1.54) is 0 Å². The number of nitrogens with zero attached hydrogens (tertiary/aromatic N) is 2. The molecule has 3 N–H and O–H groups in total. The molecule has 4 heteroatoms. The van der Waals surface area contributed by atoms with Gasteiger partial charge in [-0.05, 0) is 25.0 Å². The van der Waals surface area contributed by atoms with E-state index in [9.17, 15) is 0 Å². The fraction of sp³-hybridized carbons (Fsp3) is 0.462. The molecular weight excluding hydrogens is 212 g/mol. The van der Waals surface area contributed by atoms with Crippen LogP contribution in [-0.4, -0.2) is 21.5 Å². The number of nitrogens with one attached hydrogen (secondary N) is 1. The van der Waals surface area contributed by atoms with E-state index in [1.54, 1.807) is 6.20 Å². The van der Waals surface area contributed by atoms with Crippen molar-refractivity contribution >= 4 is 11.5 Å². The van der Waals surface area contributed by atoms with Gasteiger partial charge in [0.25, 0.3) is 0 Å². The maximum Gasteiger partial charge on any atom is 0.138 e. The van der Waals surface area contributed by atoms with Crippen LogP contribution in [0.1, 0.15) is 26.7 Å². The second-order valence-electron chi connectivity index (χ2n) is 4.49. The highest BCUT2D eigenvalue weighted by atomic mass is 15.1. The summed E-state index contributed by atoms with van der Waals surface area (Å²) in [5.41, 5.74) is 7.09. The average Bonchev–Trinajstić information content (AvgIpc) is 2.84. The smallest absolute Gasteiger partial charge is 0.138 e. The molecule has 2 aromatic rings. The Kier molecular flexibility index (Phi) is 3.33. The lowest BCUT2D eigenvalue weighted by atomic mass is 9.94. The van der Waals surface area contributed by atoms with Gasteiger partial charge in [0.05, 0.1) is 0 Å². The first kappa shape index (κ1) is 11.9. The van der Waals surface area contributed by atoms with Gasteiger partial charge in [-0.3, -0.25) is 4.40 Å². The summed E-state index contributed by atoms with van der Waals surface area (Å²) in [5, 5.41) is 3.41. The van der Waals surface area contributed by atoms with Gasteiger partial charge in [0.2, 0.25) is 0 Å². The minimum absolute atomic E-state index is 0.136. The fourth-order valence-corrected chi connectivity index (χ4v) is 1.86. The zero-order valence-corrected chi connectivity index (χ0v) is 10.5. The first-order chi connectivity index (χ1) is 8.18. The van der Waals surface area contributed by atoms with Gasteiger partial charge in [-0.25, -0.2) is 4.98 Å². The van der Waals surface area contributed by atoms with Crippen LogP contribution < -0.4 is 11.1 Å². The van der Waals surface area contributed by atoms with Gasteiger partial charge in [0.1, 0.15) is 11.5 Å². The lowest BCUT2D eigenvalue weighted by Gasteiger charge is -2.27. The van der Waals surface area contributed by atoms with Crippen LogP contribution in [-0.2, 0) is 0 Å². The van der Waals surface area contributed by atoms with E-state index >= 15 is 0 Å². The molecule has 0 aliphatic carbocycles.